The number of hydrogen-bond donors (Lipinski definition) is 2. The molecule has 2 unspecified atom stereocenters. The van der Waals surface area contributed by atoms with Gasteiger partial charge < -0.3 is 15.8 Å². The highest BCUT2D eigenvalue weighted by Gasteiger charge is 2.63. The molecular formula is C17H24ClN3O2S. The van der Waals surface area contributed by atoms with Crippen LogP contribution >= 0.6 is 23.7 Å². The zero-order valence-corrected chi connectivity index (χ0v) is 16.0. The Kier molecular flexibility index (Phi) is 5.25. The summed E-state index contributed by atoms with van der Waals surface area (Å²) in [6, 6.07) is 6.05. The van der Waals surface area contributed by atoms with Gasteiger partial charge in [-0.3, -0.25) is 4.79 Å². The number of anilines is 1. The zero-order chi connectivity index (χ0) is 16.8. The summed E-state index contributed by atoms with van der Waals surface area (Å²) in [6.45, 7) is 8.59. The number of halogens is 1. The Morgan fingerprint density at radius 1 is 1.50 bits per heavy atom. The number of aryl methyl sites for hydroxylation is 1. The highest BCUT2D eigenvalue weighted by atomic mass is 35.5. The maximum atomic E-state index is 12.7. The smallest absolute Gasteiger partial charge is 0.246 e. The lowest BCUT2D eigenvalue weighted by Gasteiger charge is -2.57. The van der Waals surface area contributed by atoms with Gasteiger partial charge in [0.25, 0.3) is 0 Å². The summed E-state index contributed by atoms with van der Waals surface area (Å²) in [5.41, 5.74) is 7.13. The first kappa shape index (κ1) is 19.1. The molecule has 1 aromatic heterocycles. The van der Waals surface area contributed by atoms with Crippen LogP contribution in [0, 0.1) is 12.3 Å². The maximum Gasteiger partial charge on any atom is 0.246 e. The fraction of sp³-hybridized carbons (Fsp3) is 0.529. The highest BCUT2D eigenvalue weighted by Crippen LogP contribution is 2.50. The number of rotatable bonds is 4. The quantitative estimate of drug-likeness (QED) is 0.864. The van der Waals surface area contributed by atoms with Crippen molar-refractivity contribution in [3.63, 3.8) is 0 Å². The second-order valence-corrected chi connectivity index (χ2v) is 7.82. The number of aromatic nitrogens is 1. The Hall–Kier alpha value is -1.21. The van der Waals surface area contributed by atoms with Crippen molar-refractivity contribution in [2.24, 2.45) is 11.1 Å². The Bertz CT molecular complexity index is 761. The van der Waals surface area contributed by atoms with E-state index in [0.717, 1.165) is 10.2 Å². The van der Waals surface area contributed by atoms with E-state index >= 15 is 0 Å². The summed E-state index contributed by atoms with van der Waals surface area (Å²) in [5.74, 6) is -0.186. The molecular weight excluding hydrogens is 346 g/mol. The molecule has 1 aliphatic rings. The molecule has 0 bridgehead atoms. The van der Waals surface area contributed by atoms with Crippen molar-refractivity contribution in [3.8, 4) is 0 Å². The number of carbonyl (C=O) groups is 1. The highest BCUT2D eigenvalue weighted by molar-refractivity contribution is 7.22. The predicted molar refractivity (Wildman–Crippen MR) is 101 cm³/mol. The van der Waals surface area contributed by atoms with Crippen LogP contribution in [0.3, 0.4) is 0 Å². The summed E-state index contributed by atoms with van der Waals surface area (Å²) in [4.78, 5) is 17.2. The minimum absolute atomic E-state index is 0. The van der Waals surface area contributed by atoms with Crippen LogP contribution in [0.1, 0.15) is 32.8 Å². The van der Waals surface area contributed by atoms with Gasteiger partial charge >= 0.3 is 0 Å². The lowest BCUT2D eigenvalue weighted by atomic mass is 9.54. The fourth-order valence-electron chi connectivity index (χ4n) is 3.11. The molecule has 1 aliphatic carbocycles. The summed E-state index contributed by atoms with van der Waals surface area (Å²) in [5, 5.41) is 3.49. The number of fused-ring (bicyclic) bond motifs is 1. The van der Waals surface area contributed by atoms with Gasteiger partial charge in [-0.25, -0.2) is 4.98 Å². The SMILES string of the molecule is CCOC1CC(N)(C(=O)Nc2nc3ccc(C)cc3s2)C1(C)C.Cl. The third-order valence-corrected chi connectivity index (χ3v) is 5.93. The molecule has 1 saturated carbocycles. The van der Waals surface area contributed by atoms with Gasteiger partial charge in [0, 0.05) is 18.4 Å². The minimum Gasteiger partial charge on any atom is -0.378 e. The van der Waals surface area contributed by atoms with Crippen LogP contribution in [0.25, 0.3) is 10.2 Å². The zero-order valence-electron chi connectivity index (χ0n) is 14.4. The average molecular weight is 370 g/mol. The molecule has 24 heavy (non-hydrogen) atoms. The molecule has 1 fully saturated rings. The molecule has 3 rings (SSSR count). The molecule has 1 amide bonds. The van der Waals surface area contributed by atoms with Gasteiger partial charge in [-0.1, -0.05) is 31.3 Å². The van der Waals surface area contributed by atoms with Crippen molar-refractivity contribution >= 4 is 45.0 Å². The Balaban J connectivity index is 0.00000208. The predicted octanol–water partition coefficient (Wildman–Crippen LogP) is 3.50. The number of benzene rings is 1. The average Bonchev–Trinajstić information content (AvgIpc) is 2.87. The molecule has 1 heterocycles. The van der Waals surface area contributed by atoms with E-state index in [-0.39, 0.29) is 24.4 Å². The summed E-state index contributed by atoms with van der Waals surface area (Å²) >= 11 is 1.47. The molecule has 1 aromatic carbocycles. The van der Waals surface area contributed by atoms with Gasteiger partial charge in [-0.2, -0.15) is 0 Å². The number of carbonyl (C=O) groups excluding carboxylic acids is 1. The Morgan fingerprint density at radius 3 is 2.83 bits per heavy atom. The number of amides is 1. The largest absolute Gasteiger partial charge is 0.378 e. The van der Waals surface area contributed by atoms with Crippen molar-refractivity contribution < 1.29 is 9.53 Å². The van der Waals surface area contributed by atoms with E-state index in [1.807, 2.05) is 39.8 Å². The van der Waals surface area contributed by atoms with Gasteiger partial charge in [-0.15, -0.1) is 12.4 Å². The first-order valence-electron chi connectivity index (χ1n) is 7.87. The monoisotopic (exact) mass is 369 g/mol. The molecule has 0 aliphatic heterocycles. The number of thiazole rings is 1. The molecule has 0 saturated heterocycles. The second-order valence-electron chi connectivity index (χ2n) is 6.79. The number of nitrogens with zero attached hydrogens (tertiary/aromatic N) is 1. The van der Waals surface area contributed by atoms with Crippen LogP contribution < -0.4 is 11.1 Å². The second kappa shape index (κ2) is 6.59. The van der Waals surface area contributed by atoms with Crippen LogP contribution in [0.4, 0.5) is 5.13 Å². The van der Waals surface area contributed by atoms with E-state index < -0.39 is 11.0 Å². The van der Waals surface area contributed by atoms with E-state index in [0.29, 0.717) is 18.2 Å². The normalized spacial score (nSPS) is 25.0. The first-order chi connectivity index (χ1) is 10.8. The molecule has 2 aromatic rings. The van der Waals surface area contributed by atoms with Crippen LogP contribution in [-0.4, -0.2) is 29.1 Å². The van der Waals surface area contributed by atoms with Crippen molar-refractivity contribution in [1.82, 2.24) is 4.98 Å². The van der Waals surface area contributed by atoms with Crippen molar-refractivity contribution in [2.45, 2.75) is 45.8 Å². The van der Waals surface area contributed by atoms with Crippen LogP contribution in [0.15, 0.2) is 18.2 Å². The van der Waals surface area contributed by atoms with E-state index in [2.05, 4.69) is 16.4 Å². The number of nitrogens with two attached hydrogens (primary N) is 1. The van der Waals surface area contributed by atoms with E-state index in [4.69, 9.17) is 10.5 Å². The summed E-state index contributed by atoms with van der Waals surface area (Å²) in [7, 11) is 0. The van der Waals surface area contributed by atoms with Crippen LogP contribution in [0.5, 0.6) is 0 Å². The maximum absolute atomic E-state index is 12.7. The molecule has 2 atom stereocenters. The lowest BCUT2D eigenvalue weighted by molar-refractivity contribution is -0.166. The van der Waals surface area contributed by atoms with Crippen molar-refractivity contribution in [1.29, 1.82) is 0 Å². The van der Waals surface area contributed by atoms with Gasteiger partial charge in [-0.05, 0) is 31.5 Å². The van der Waals surface area contributed by atoms with E-state index in [1.54, 1.807) is 0 Å². The van der Waals surface area contributed by atoms with Crippen LogP contribution in [0.2, 0.25) is 0 Å². The third-order valence-electron chi connectivity index (χ3n) is 5.00. The Morgan fingerprint density at radius 2 is 2.21 bits per heavy atom. The van der Waals surface area contributed by atoms with Crippen molar-refractivity contribution in [3.05, 3.63) is 23.8 Å². The number of ether oxygens (including phenoxy) is 1. The molecule has 0 spiro atoms. The third kappa shape index (κ3) is 2.92. The van der Waals surface area contributed by atoms with E-state index in [9.17, 15) is 4.79 Å². The molecule has 132 valence electrons. The van der Waals surface area contributed by atoms with Gasteiger partial charge in [0.1, 0.15) is 5.54 Å². The summed E-state index contributed by atoms with van der Waals surface area (Å²) < 4.78 is 6.74. The Labute approximate surface area is 152 Å². The number of hydrogen-bond acceptors (Lipinski definition) is 5. The van der Waals surface area contributed by atoms with Crippen molar-refractivity contribution in [2.75, 3.05) is 11.9 Å². The molecule has 7 heteroatoms. The fourth-order valence-corrected chi connectivity index (χ4v) is 4.07. The first-order valence-corrected chi connectivity index (χ1v) is 8.68. The molecule has 3 N–H and O–H groups in total. The topological polar surface area (TPSA) is 77.2 Å². The molecule has 0 radical (unpaired) electrons. The van der Waals surface area contributed by atoms with E-state index in [1.165, 1.54) is 16.9 Å². The molecule has 5 nitrogen and oxygen atoms in total. The van der Waals surface area contributed by atoms with Crippen LogP contribution in [-0.2, 0) is 9.53 Å². The van der Waals surface area contributed by atoms with Gasteiger partial charge in [0.15, 0.2) is 5.13 Å². The summed E-state index contributed by atoms with van der Waals surface area (Å²) in [6.07, 6.45) is 0.546. The lowest BCUT2D eigenvalue weighted by Crippen LogP contribution is -2.74. The number of nitrogens with one attached hydrogen (secondary N) is 1. The standard InChI is InChI=1S/C17H23N3O2S.ClH/c1-5-22-13-9-17(18,16(13,3)4)14(21)20-15-19-11-7-6-10(2)8-12(11)23-15;/h6-8,13H,5,9,18H2,1-4H3,(H,19,20,21);1H. The minimum atomic E-state index is -0.930. The van der Waals surface area contributed by atoms with Gasteiger partial charge in [0.05, 0.1) is 16.3 Å². The van der Waals surface area contributed by atoms with Gasteiger partial charge in [0.2, 0.25) is 5.91 Å².